The fraction of sp³-hybridized carbons (Fsp3) is 0.211. The molecule has 0 bridgehead atoms. The molecule has 0 atom stereocenters. The molecular formula is C19H16ClNSe. The van der Waals surface area contributed by atoms with Crippen LogP contribution in [0.25, 0.3) is 22.4 Å². The van der Waals surface area contributed by atoms with E-state index in [0.29, 0.717) is 14.7 Å². The summed E-state index contributed by atoms with van der Waals surface area (Å²) in [4.78, 5) is 0. The van der Waals surface area contributed by atoms with Crippen molar-refractivity contribution in [3.05, 3.63) is 63.6 Å². The molecule has 0 unspecified atom stereocenters. The van der Waals surface area contributed by atoms with Gasteiger partial charge >= 0.3 is 142 Å². The van der Waals surface area contributed by atoms with Gasteiger partial charge in [-0.25, -0.2) is 0 Å². The molecule has 1 aromatic heterocycles. The Hall–Kier alpha value is -1.34. The van der Waals surface area contributed by atoms with E-state index in [1.807, 2.05) is 12.1 Å². The zero-order valence-electron chi connectivity index (χ0n) is 12.2. The Balaban J connectivity index is 1.86. The van der Waals surface area contributed by atoms with Gasteiger partial charge in [0.15, 0.2) is 0 Å². The maximum absolute atomic E-state index is 6.03. The van der Waals surface area contributed by atoms with Crippen LogP contribution in [0, 0.1) is 0 Å². The van der Waals surface area contributed by atoms with E-state index < -0.39 is 0 Å². The van der Waals surface area contributed by atoms with Crippen LogP contribution in [0.5, 0.6) is 0 Å². The Morgan fingerprint density at radius 3 is 2.41 bits per heavy atom. The molecule has 3 heteroatoms. The third-order valence-electron chi connectivity index (χ3n) is 4.29. The monoisotopic (exact) mass is 373 g/mol. The first-order valence-corrected chi connectivity index (χ1v) is 9.66. The van der Waals surface area contributed by atoms with Crippen LogP contribution in [0.3, 0.4) is 0 Å². The Morgan fingerprint density at radius 2 is 1.59 bits per heavy atom. The molecule has 2 aromatic carbocycles. The van der Waals surface area contributed by atoms with Crippen molar-refractivity contribution in [1.82, 2.24) is 3.98 Å². The third-order valence-corrected chi connectivity index (χ3v) is 6.52. The minimum absolute atomic E-state index is 0.318. The van der Waals surface area contributed by atoms with Gasteiger partial charge in [0.05, 0.1) is 0 Å². The maximum atomic E-state index is 6.03. The number of hydrogen-bond acceptors (Lipinski definition) is 1. The van der Waals surface area contributed by atoms with Gasteiger partial charge in [-0.05, 0) is 0 Å². The second kappa shape index (κ2) is 6.04. The molecule has 0 fully saturated rings. The molecular weight excluding hydrogens is 357 g/mol. The van der Waals surface area contributed by atoms with Crippen molar-refractivity contribution in [2.24, 2.45) is 0 Å². The summed E-state index contributed by atoms with van der Waals surface area (Å²) < 4.78 is 6.56. The number of fused-ring (bicyclic) bond motifs is 1. The zero-order chi connectivity index (χ0) is 14.9. The van der Waals surface area contributed by atoms with Gasteiger partial charge in [0.25, 0.3) is 0 Å². The molecule has 0 aliphatic heterocycles. The van der Waals surface area contributed by atoms with E-state index >= 15 is 0 Å². The van der Waals surface area contributed by atoms with Gasteiger partial charge in [-0.15, -0.1) is 0 Å². The minimum atomic E-state index is 0.318. The van der Waals surface area contributed by atoms with Crippen LogP contribution in [-0.2, 0) is 12.8 Å². The van der Waals surface area contributed by atoms with Crippen LogP contribution in [0.2, 0.25) is 5.02 Å². The molecule has 1 nitrogen and oxygen atoms in total. The van der Waals surface area contributed by atoms with Crippen molar-refractivity contribution in [3.8, 4) is 22.4 Å². The van der Waals surface area contributed by atoms with Crippen LogP contribution in [0.4, 0.5) is 0 Å². The van der Waals surface area contributed by atoms with Crippen molar-refractivity contribution < 1.29 is 0 Å². The number of hydrogen-bond donors (Lipinski definition) is 0. The number of aryl methyl sites for hydroxylation is 1. The molecule has 110 valence electrons. The van der Waals surface area contributed by atoms with Crippen molar-refractivity contribution in [1.29, 1.82) is 0 Å². The first-order valence-electron chi connectivity index (χ1n) is 7.66. The molecule has 1 heterocycles. The van der Waals surface area contributed by atoms with Crippen molar-refractivity contribution in [3.63, 3.8) is 0 Å². The first-order chi connectivity index (χ1) is 10.8. The average Bonchev–Trinajstić information content (AvgIpc) is 3.00. The summed E-state index contributed by atoms with van der Waals surface area (Å²) in [6.45, 7) is 0. The van der Waals surface area contributed by atoms with E-state index in [4.69, 9.17) is 15.6 Å². The third kappa shape index (κ3) is 2.56. The molecule has 0 radical (unpaired) electrons. The van der Waals surface area contributed by atoms with Crippen molar-refractivity contribution in [2.45, 2.75) is 25.7 Å². The molecule has 0 saturated heterocycles. The summed E-state index contributed by atoms with van der Waals surface area (Å²) >= 11 is 6.35. The Kier molecular flexibility index (Phi) is 3.92. The van der Waals surface area contributed by atoms with Crippen molar-refractivity contribution >= 4 is 26.3 Å². The van der Waals surface area contributed by atoms with Gasteiger partial charge in [0.1, 0.15) is 0 Å². The van der Waals surface area contributed by atoms with Gasteiger partial charge < -0.3 is 0 Å². The van der Waals surface area contributed by atoms with E-state index in [9.17, 15) is 0 Å². The Morgan fingerprint density at radius 1 is 0.864 bits per heavy atom. The fourth-order valence-corrected chi connectivity index (χ4v) is 5.30. The number of nitrogens with zero attached hydrogens (tertiary/aromatic N) is 1. The molecule has 1 aliphatic rings. The van der Waals surface area contributed by atoms with Crippen molar-refractivity contribution in [2.75, 3.05) is 0 Å². The second-order valence-electron chi connectivity index (χ2n) is 5.69. The summed E-state index contributed by atoms with van der Waals surface area (Å²) in [6.07, 6.45) is 5.09. The predicted molar refractivity (Wildman–Crippen MR) is 93.7 cm³/mol. The van der Waals surface area contributed by atoms with Crippen LogP contribution in [0.1, 0.15) is 22.8 Å². The van der Waals surface area contributed by atoms with E-state index in [-0.39, 0.29) is 0 Å². The summed E-state index contributed by atoms with van der Waals surface area (Å²) in [6, 6.07) is 16.7. The summed E-state index contributed by atoms with van der Waals surface area (Å²) in [7, 11) is 0. The van der Waals surface area contributed by atoms with Gasteiger partial charge in [0.2, 0.25) is 0 Å². The molecule has 0 N–H and O–H groups in total. The standard InChI is InChI=1S/C19H16ClNSe/c20-14-11-9-13(10-12-14)15-5-1-2-6-16(15)19-17-7-3-4-8-18(17)22-21-19/h1-2,5-6,9-12H,3-4,7-8H2. The molecule has 1 aliphatic carbocycles. The zero-order valence-corrected chi connectivity index (χ0v) is 14.6. The van der Waals surface area contributed by atoms with E-state index in [2.05, 4.69) is 36.4 Å². The van der Waals surface area contributed by atoms with Gasteiger partial charge in [-0.2, -0.15) is 0 Å². The number of aromatic nitrogens is 1. The van der Waals surface area contributed by atoms with Crippen LogP contribution in [-0.4, -0.2) is 18.7 Å². The van der Waals surface area contributed by atoms with Crippen LogP contribution in [0.15, 0.2) is 48.5 Å². The van der Waals surface area contributed by atoms with Gasteiger partial charge in [0, 0.05) is 0 Å². The van der Waals surface area contributed by atoms with E-state index in [1.165, 1.54) is 53.6 Å². The SMILES string of the molecule is Clc1ccc(-c2ccccc2-c2n[se]c3c2CCCC3)cc1. The molecule has 3 aromatic rings. The topological polar surface area (TPSA) is 12.9 Å². The fourth-order valence-electron chi connectivity index (χ4n) is 3.17. The van der Waals surface area contributed by atoms with E-state index in [0.717, 1.165) is 5.02 Å². The van der Waals surface area contributed by atoms with E-state index in [1.54, 1.807) is 4.44 Å². The van der Waals surface area contributed by atoms with Gasteiger partial charge in [-0.3, -0.25) is 0 Å². The molecule has 0 saturated carbocycles. The van der Waals surface area contributed by atoms with Crippen LogP contribution < -0.4 is 0 Å². The second-order valence-corrected chi connectivity index (χ2v) is 7.93. The molecule has 22 heavy (non-hydrogen) atoms. The number of benzene rings is 2. The normalized spacial score (nSPS) is 13.9. The van der Waals surface area contributed by atoms with Gasteiger partial charge in [-0.1, -0.05) is 0 Å². The number of halogens is 1. The molecule has 0 amide bonds. The Bertz CT molecular complexity index is 805. The molecule has 4 rings (SSSR count). The first kappa shape index (κ1) is 14.3. The van der Waals surface area contributed by atoms with Crippen LogP contribution >= 0.6 is 11.6 Å². The Labute approximate surface area is 141 Å². The molecule has 0 spiro atoms. The average molecular weight is 373 g/mol. The summed E-state index contributed by atoms with van der Waals surface area (Å²) in [5.41, 5.74) is 6.53. The number of rotatable bonds is 2. The quantitative estimate of drug-likeness (QED) is 0.577. The summed E-state index contributed by atoms with van der Waals surface area (Å²) in [5.74, 6) is 0. The summed E-state index contributed by atoms with van der Waals surface area (Å²) in [5, 5.41) is 0.778. The predicted octanol–water partition coefficient (Wildman–Crippen LogP) is 5.00.